The molecule has 1 amide bonds. The summed E-state index contributed by atoms with van der Waals surface area (Å²) in [5.41, 5.74) is 1.88. The number of nitrogens with one attached hydrogen (secondary N) is 1. The molecule has 0 saturated heterocycles. The molecule has 1 aromatic heterocycles. The second-order valence-electron chi connectivity index (χ2n) is 5.41. The van der Waals surface area contributed by atoms with Gasteiger partial charge in [0, 0.05) is 11.3 Å². The van der Waals surface area contributed by atoms with Crippen molar-refractivity contribution in [1.29, 1.82) is 0 Å². The van der Waals surface area contributed by atoms with Crippen molar-refractivity contribution >= 4 is 57.1 Å². The van der Waals surface area contributed by atoms with Crippen molar-refractivity contribution in [3.05, 3.63) is 54.1 Å². The number of carboxylic acids is 1. The van der Waals surface area contributed by atoms with E-state index in [1.165, 1.54) is 11.3 Å². The molecule has 27 heavy (non-hydrogen) atoms. The van der Waals surface area contributed by atoms with Gasteiger partial charge in [-0.15, -0.1) is 11.3 Å². The van der Waals surface area contributed by atoms with E-state index >= 15 is 0 Å². The smallest absolute Gasteiger partial charge is 0.318 e. The number of aliphatic carboxylic acids is 1. The van der Waals surface area contributed by atoms with E-state index in [0.717, 1.165) is 16.7 Å². The molecule has 0 spiro atoms. The number of benzene rings is 2. The summed E-state index contributed by atoms with van der Waals surface area (Å²) < 4.78 is 6.22. The van der Waals surface area contributed by atoms with Crippen LogP contribution in [0, 0.1) is 0 Å². The summed E-state index contributed by atoms with van der Waals surface area (Å²) in [5.74, 6) is -1.91. The zero-order chi connectivity index (χ0) is 19.2. The zero-order valence-corrected chi connectivity index (χ0v) is 15.5. The van der Waals surface area contributed by atoms with E-state index < -0.39 is 11.9 Å². The van der Waals surface area contributed by atoms with Crippen molar-refractivity contribution in [2.24, 2.45) is 0 Å². The molecule has 7 nitrogen and oxygen atoms in total. The summed E-state index contributed by atoms with van der Waals surface area (Å²) in [4.78, 5) is 38.6. The van der Waals surface area contributed by atoms with Gasteiger partial charge in [-0.2, -0.15) is 0 Å². The van der Waals surface area contributed by atoms with Crippen molar-refractivity contribution < 1.29 is 23.7 Å². The van der Waals surface area contributed by atoms with Gasteiger partial charge in [0.1, 0.15) is 12.0 Å². The van der Waals surface area contributed by atoms with E-state index in [1.54, 1.807) is 30.3 Å². The van der Waals surface area contributed by atoms with Crippen LogP contribution in [0.5, 0.6) is 0 Å². The van der Waals surface area contributed by atoms with Gasteiger partial charge in [0.05, 0.1) is 23.1 Å². The second kappa shape index (κ2) is 8.65. The molecule has 0 saturated carbocycles. The van der Waals surface area contributed by atoms with Crippen molar-refractivity contribution in [2.45, 2.75) is 17.2 Å². The Hall–Kier alpha value is -2.91. The Balaban J connectivity index is 1.65. The molecule has 0 aliphatic rings. The maximum absolute atomic E-state index is 12.4. The van der Waals surface area contributed by atoms with Gasteiger partial charge in [-0.3, -0.25) is 14.4 Å². The Morgan fingerprint density at radius 1 is 1.11 bits per heavy atom. The SMILES string of the molecule is O=C(O)CCC(=O)OSc1nc2ccc(C(=O)Nc3ccccc3)cc2s1. The number of carboxylic acid groups (broad SMARTS) is 1. The minimum absolute atomic E-state index is 0.197. The molecule has 2 N–H and O–H groups in total. The molecule has 0 aliphatic heterocycles. The van der Waals surface area contributed by atoms with Gasteiger partial charge in [0.25, 0.3) is 5.91 Å². The zero-order valence-electron chi connectivity index (χ0n) is 13.9. The van der Waals surface area contributed by atoms with Crippen LogP contribution >= 0.6 is 23.4 Å². The molecule has 0 fully saturated rings. The molecule has 1 heterocycles. The van der Waals surface area contributed by atoms with Crippen molar-refractivity contribution in [3.63, 3.8) is 0 Å². The highest BCUT2D eigenvalue weighted by molar-refractivity contribution is 7.97. The van der Waals surface area contributed by atoms with Gasteiger partial charge in [-0.05, 0) is 30.3 Å². The highest BCUT2D eigenvalue weighted by atomic mass is 32.2. The molecule has 0 aliphatic carbocycles. The Bertz CT molecular complexity index is 988. The monoisotopic (exact) mass is 402 g/mol. The first-order valence-corrected chi connectivity index (χ1v) is 9.43. The molecule has 3 rings (SSSR count). The molecule has 9 heteroatoms. The molecular formula is C18H14N2O5S2. The van der Waals surface area contributed by atoms with Gasteiger partial charge >= 0.3 is 11.9 Å². The number of amides is 1. The van der Waals surface area contributed by atoms with Crippen molar-refractivity contribution in [1.82, 2.24) is 4.98 Å². The quantitative estimate of drug-likeness (QED) is 0.576. The summed E-state index contributed by atoms with van der Waals surface area (Å²) in [7, 11) is 0. The van der Waals surface area contributed by atoms with Crippen LogP contribution in [0.25, 0.3) is 10.2 Å². The van der Waals surface area contributed by atoms with Crippen LogP contribution in [0.4, 0.5) is 5.69 Å². The van der Waals surface area contributed by atoms with Crippen molar-refractivity contribution in [3.8, 4) is 0 Å². The minimum Gasteiger partial charge on any atom is -0.481 e. The number of anilines is 1. The maximum atomic E-state index is 12.4. The lowest BCUT2D eigenvalue weighted by Gasteiger charge is -2.04. The van der Waals surface area contributed by atoms with Crippen LogP contribution in [0.3, 0.4) is 0 Å². The molecule has 138 valence electrons. The summed E-state index contributed by atoms with van der Waals surface area (Å²) in [5, 5.41) is 11.4. The topological polar surface area (TPSA) is 106 Å². The van der Waals surface area contributed by atoms with E-state index in [-0.39, 0.29) is 18.7 Å². The number of thiazole rings is 1. The number of para-hydroxylation sites is 1. The summed E-state index contributed by atoms with van der Waals surface area (Å²) in [6.07, 6.45) is -0.476. The van der Waals surface area contributed by atoms with Gasteiger partial charge < -0.3 is 14.6 Å². The van der Waals surface area contributed by atoms with E-state index in [1.807, 2.05) is 18.2 Å². The van der Waals surface area contributed by atoms with E-state index in [9.17, 15) is 14.4 Å². The molecule has 0 unspecified atom stereocenters. The van der Waals surface area contributed by atoms with Crippen LogP contribution in [0.1, 0.15) is 23.2 Å². The van der Waals surface area contributed by atoms with E-state index in [4.69, 9.17) is 9.29 Å². The second-order valence-corrected chi connectivity index (χ2v) is 7.42. The molecule has 2 aromatic carbocycles. The van der Waals surface area contributed by atoms with Crippen molar-refractivity contribution in [2.75, 3.05) is 5.32 Å². The molecular weight excluding hydrogens is 388 g/mol. The van der Waals surface area contributed by atoms with Crippen LogP contribution in [-0.2, 0) is 13.8 Å². The van der Waals surface area contributed by atoms with E-state index in [0.29, 0.717) is 21.1 Å². The first kappa shape index (κ1) is 18.9. The van der Waals surface area contributed by atoms with Crippen LogP contribution in [0.2, 0.25) is 0 Å². The molecule has 0 atom stereocenters. The number of hydrogen-bond acceptors (Lipinski definition) is 7. The number of fused-ring (bicyclic) bond motifs is 1. The molecule has 0 radical (unpaired) electrons. The first-order valence-electron chi connectivity index (χ1n) is 7.87. The number of rotatable bonds is 7. The maximum Gasteiger partial charge on any atom is 0.318 e. The molecule has 3 aromatic rings. The number of nitrogens with zero attached hydrogens (tertiary/aromatic N) is 1. The minimum atomic E-state index is -1.06. The third-order valence-electron chi connectivity index (χ3n) is 3.41. The van der Waals surface area contributed by atoms with Gasteiger partial charge in [0.15, 0.2) is 4.34 Å². The predicted octanol–water partition coefficient (Wildman–Crippen LogP) is 3.96. The van der Waals surface area contributed by atoms with Crippen LogP contribution < -0.4 is 5.32 Å². The summed E-state index contributed by atoms with van der Waals surface area (Å²) >= 11 is 2.07. The number of aromatic nitrogens is 1. The highest BCUT2D eigenvalue weighted by Gasteiger charge is 2.13. The van der Waals surface area contributed by atoms with Gasteiger partial charge in [-0.1, -0.05) is 18.2 Å². The lowest BCUT2D eigenvalue weighted by atomic mass is 10.2. The predicted molar refractivity (Wildman–Crippen MR) is 103 cm³/mol. The Kier molecular flexibility index (Phi) is 6.05. The van der Waals surface area contributed by atoms with Gasteiger partial charge in [0.2, 0.25) is 0 Å². The fourth-order valence-corrected chi connectivity index (χ4v) is 3.76. The number of hydrogen-bond donors (Lipinski definition) is 2. The van der Waals surface area contributed by atoms with E-state index in [2.05, 4.69) is 10.3 Å². The fourth-order valence-electron chi connectivity index (χ4n) is 2.14. The van der Waals surface area contributed by atoms with Gasteiger partial charge in [-0.25, -0.2) is 4.98 Å². The Labute approximate surface area is 162 Å². The summed E-state index contributed by atoms with van der Waals surface area (Å²) in [6, 6.07) is 14.3. The normalized spacial score (nSPS) is 10.5. The van der Waals surface area contributed by atoms with Crippen LogP contribution in [-0.4, -0.2) is 27.9 Å². The average Bonchev–Trinajstić information content (AvgIpc) is 3.07. The Morgan fingerprint density at radius 3 is 2.63 bits per heavy atom. The standard InChI is InChI=1S/C18H14N2O5S2/c21-15(22)8-9-16(23)25-27-18-20-13-7-6-11(10-14(13)26-18)17(24)19-12-4-2-1-3-5-12/h1-7,10H,8-9H2,(H,19,24)(H,21,22). The third kappa shape index (κ3) is 5.28. The fraction of sp³-hybridized carbons (Fsp3) is 0.111. The van der Waals surface area contributed by atoms with Crippen LogP contribution in [0.15, 0.2) is 52.9 Å². The highest BCUT2D eigenvalue weighted by Crippen LogP contribution is 2.31. The lowest BCUT2D eigenvalue weighted by Crippen LogP contribution is -2.11. The summed E-state index contributed by atoms with van der Waals surface area (Å²) in [6.45, 7) is 0. The largest absolute Gasteiger partial charge is 0.481 e. The average molecular weight is 402 g/mol. The Morgan fingerprint density at radius 2 is 1.89 bits per heavy atom. The number of carbonyl (C=O) groups excluding carboxylic acids is 2. The lowest BCUT2D eigenvalue weighted by molar-refractivity contribution is -0.141. The third-order valence-corrected chi connectivity index (χ3v) is 5.18. The molecule has 0 bridgehead atoms. The first-order chi connectivity index (χ1) is 13.0. The number of carbonyl (C=O) groups is 3.